The summed E-state index contributed by atoms with van der Waals surface area (Å²) in [6, 6.07) is -0.597. The Labute approximate surface area is 101 Å². The maximum atomic E-state index is 10.6. The van der Waals surface area contributed by atoms with Gasteiger partial charge in [-0.3, -0.25) is 4.79 Å². The number of aliphatic carboxylic acids is 2. The molecule has 1 atom stereocenters. The van der Waals surface area contributed by atoms with Crippen LogP contribution in [0.1, 0.15) is 19.8 Å². The van der Waals surface area contributed by atoms with Crippen LogP contribution in [0.3, 0.4) is 0 Å². The fourth-order valence-corrected chi connectivity index (χ4v) is 0.761. The van der Waals surface area contributed by atoms with Gasteiger partial charge in [0.15, 0.2) is 0 Å². The standard InChI is InChI=1S/C7H15NO3.C2HF3O2/c1-2-4-8-6(3-5-9)7(10)11;3-2(4,5)1(6)7/h6,8-9H,2-5H2,1H3,(H,10,11);(H,6,7)/t6-;/m0./s1. The van der Waals surface area contributed by atoms with E-state index >= 15 is 0 Å². The van der Waals surface area contributed by atoms with Crippen LogP contribution in [0, 0.1) is 0 Å². The van der Waals surface area contributed by atoms with Crippen molar-refractivity contribution in [3.8, 4) is 0 Å². The second kappa shape index (κ2) is 9.66. The van der Waals surface area contributed by atoms with Crippen molar-refractivity contribution in [2.45, 2.75) is 32.0 Å². The van der Waals surface area contributed by atoms with E-state index in [0.717, 1.165) is 6.42 Å². The Morgan fingerprint density at radius 3 is 1.94 bits per heavy atom. The molecule has 0 bridgehead atoms. The Hall–Kier alpha value is -1.35. The van der Waals surface area contributed by atoms with Gasteiger partial charge in [-0.2, -0.15) is 13.2 Å². The van der Waals surface area contributed by atoms with Gasteiger partial charge in [0.2, 0.25) is 0 Å². The van der Waals surface area contributed by atoms with Crippen LogP contribution in [0.2, 0.25) is 0 Å². The first kappa shape index (κ1) is 19.0. The van der Waals surface area contributed by atoms with E-state index in [-0.39, 0.29) is 13.0 Å². The fourth-order valence-electron chi connectivity index (χ4n) is 0.761. The number of rotatable bonds is 6. The van der Waals surface area contributed by atoms with Gasteiger partial charge in [0, 0.05) is 6.61 Å². The summed E-state index contributed by atoms with van der Waals surface area (Å²) in [4.78, 5) is 19.3. The van der Waals surface area contributed by atoms with Crippen molar-refractivity contribution in [3.63, 3.8) is 0 Å². The van der Waals surface area contributed by atoms with Crippen LogP contribution in [0.4, 0.5) is 13.2 Å². The summed E-state index contributed by atoms with van der Waals surface area (Å²) in [5.41, 5.74) is 0. The lowest BCUT2D eigenvalue weighted by molar-refractivity contribution is -0.192. The van der Waals surface area contributed by atoms with Crippen LogP contribution in [0.15, 0.2) is 0 Å². The molecule has 0 aliphatic rings. The van der Waals surface area contributed by atoms with Gasteiger partial charge >= 0.3 is 18.1 Å². The van der Waals surface area contributed by atoms with Gasteiger partial charge in [-0.25, -0.2) is 4.79 Å². The molecule has 0 aromatic carbocycles. The summed E-state index contributed by atoms with van der Waals surface area (Å²) in [5, 5.41) is 27.0. The average molecular weight is 275 g/mol. The summed E-state index contributed by atoms with van der Waals surface area (Å²) in [6.45, 7) is 2.55. The molecule has 6 nitrogen and oxygen atoms in total. The topological polar surface area (TPSA) is 107 Å². The molecule has 0 aliphatic heterocycles. The number of carbonyl (C=O) groups is 2. The van der Waals surface area contributed by atoms with Crippen molar-refractivity contribution in [1.29, 1.82) is 0 Å². The highest BCUT2D eigenvalue weighted by Crippen LogP contribution is 2.13. The summed E-state index contributed by atoms with van der Waals surface area (Å²) < 4.78 is 31.7. The minimum Gasteiger partial charge on any atom is -0.480 e. The molecule has 108 valence electrons. The van der Waals surface area contributed by atoms with Crippen molar-refractivity contribution in [3.05, 3.63) is 0 Å². The van der Waals surface area contributed by atoms with E-state index in [1.165, 1.54) is 0 Å². The van der Waals surface area contributed by atoms with Crippen molar-refractivity contribution in [2.75, 3.05) is 13.2 Å². The second-order valence-corrected chi connectivity index (χ2v) is 3.16. The van der Waals surface area contributed by atoms with E-state index in [0.29, 0.717) is 6.54 Å². The van der Waals surface area contributed by atoms with Crippen LogP contribution in [0.25, 0.3) is 0 Å². The van der Waals surface area contributed by atoms with Crippen LogP contribution in [-0.2, 0) is 9.59 Å². The SMILES string of the molecule is CCCN[C@@H](CCO)C(=O)O.O=C(O)C(F)(F)F. The molecule has 0 rings (SSSR count). The Morgan fingerprint density at radius 1 is 1.28 bits per heavy atom. The summed E-state index contributed by atoms with van der Waals surface area (Å²) in [6.07, 6.45) is -3.91. The Morgan fingerprint density at radius 2 is 1.72 bits per heavy atom. The molecule has 0 heterocycles. The molecule has 0 unspecified atom stereocenters. The molecule has 9 heteroatoms. The van der Waals surface area contributed by atoms with Crippen LogP contribution in [-0.4, -0.2) is 52.6 Å². The van der Waals surface area contributed by atoms with Crippen molar-refractivity contribution >= 4 is 11.9 Å². The lowest BCUT2D eigenvalue weighted by Crippen LogP contribution is -2.37. The van der Waals surface area contributed by atoms with Crippen molar-refractivity contribution in [2.24, 2.45) is 0 Å². The Bertz CT molecular complexity index is 257. The molecule has 0 fully saturated rings. The molecular formula is C9H16F3NO5. The second-order valence-electron chi connectivity index (χ2n) is 3.16. The molecular weight excluding hydrogens is 259 g/mol. The van der Waals surface area contributed by atoms with Crippen LogP contribution in [0.5, 0.6) is 0 Å². The molecule has 0 radical (unpaired) electrons. The average Bonchev–Trinajstić information content (AvgIpc) is 2.23. The smallest absolute Gasteiger partial charge is 0.480 e. The monoisotopic (exact) mass is 275 g/mol. The van der Waals surface area contributed by atoms with Gasteiger partial charge in [-0.05, 0) is 19.4 Å². The molecule has 4 N–H and O–H groups in total. The molecule has 0 spiro atoms. The quantitative estimate of drug-likeness (QED) is 0.561. The maximum Gasteiger partial charge on any atom is 0.490 e. The number of hydrogen-bond donors (Lipinski definition) is 4. The van der Waals surface area contributed by atoms with E-state index < -0.39 is 24.2 Å². The highest BCUT2D eigenvalue weighted by molar-refractivity contribution is 5.73. The molecule has 0 amide bonds. The summed E-state index contributed by atoms with van der Waals surface area (Å²) in [5.74, 6) is -3.65. The zero-order valence-corrected chi connectivity index (χ0v) is 9.70. The molecule has 0 saturated heterocycles. The van der Waals surface area contributed by atoms with E-state index in [2.05, 4.69) is 5.32 Å². The number of halogens is 3. The number of carboxylic acid groups (broad SMARTS) is 2. The third-order valence-corrected chi connectivity index (χ3v) is 1.60. The van der Waals surface area contributed by atoms with Crippen molar-refractivity contribution < 1.29 is 38.1 Å². The van der Waals surface area contributed by atoms with Gasteiger partial charge in [-0.15, -0.1) is 0 Å². The third kappa shape index (κ3) is 11.1. The van der Waals surface area contributed by atoms with Crippen LogP contribution >= 0.6 is 0 Å². The fraction of sp³-hybridized carbons (Fsp3) is 0.778. The predicted octanol–water partition coefficient (Wildman–Crippen LogP) is 0.455. The molecule has 0 saturated carbocycles. The van der Waals surface area contributed by atoms with Crippen LogP contribution < -0.4 is 5.32 Å². The first-order valence-electron chi connectivity index (χ1n) is 5.03. The van der Waals surface area contributed by atoms with Crippen molar-refractivity contribution in [1.82, 2.24) is 5.32 Å². The van der Waals surface area contributed by atoms with Gasteiger partial charge in [-0.1, -0.05) is 6.92 Å². The maximum absolute atomic E-state index is 10.6. The lowest BCUT2D eigenvalue weighted by atomic mass is 10.2. The lowest BCUT2D eigenvalue weighted by Gasteiger charge is -2.11. The largest absolute Gasteiger partial charge is 0.490 e. The molecule has 0 aromatic heterocycles. The van der Waals surface area contributed by atoms with Gasteiger partial charge in [0.25, 0.3) is 0 Å². The summed E-state index contributed by atoms with van der Waals surface area (Å²) in [7, 11) is 0. The molecule has 0 aromatic rings. The third-order valence-electron chi connectivity index (χ3n) is 1.60. The van der Waals surface area contributed by atoms with E-state index in [9.17, 15) is 18.0 Å². The highest BCUT2D eigenvalue weighted by atomic mass is 19.4. The first-order valence-corrected chi connectivity index (χ1v) is 5.03. The van der Waals surface area contributed by atoms with Gasteiger partial charge < -0.3 is 20.6 Å². The number of alkyl halides is 3. The predicted molar refractivity (Wildman–Crippen MR) is 55.1 cm³/mol. The molecule has 18 heavy (non-hydrogen) atoms. The highest BCUT2D eigenvalue weighted by Gasteiger charge is 2.38. The first-order chi connectivity index (χ1) is 8.16. The summed E-state index contributed by atoms with van der Waals surface area (Å²) >= 11 is 0. The number of hydrogen-bond acceptors (Lipinski definition) is 4. The number of aliphatic hydroxyl groups is 1. The van der Waals surface area contributed by atoms with Gasteiger partial charge in [0.05, 0.1) is 0 Å². The number of carboxylic acids is 2. The molecule has 0 aliphatic carbocycles. The Kier molecular flexibility index (Phi) is 10.2. The minimum absolute atomic E-state index is 0.0896. The number of aliphatic hydroxyl groups excluding tert-OH is 1. The minimum atomic E-state index is -5.08. The van der Waals surface area contributed by atoms with E-state index in [1.54, 1.807) is 0 Å². The van der Waals surface area contributed by atoms with Gasteiger partial charge in [0.1, 0.15) is 6.04 Å². The number of nitrogens with one attached hydrogen (secondary N) is 1. The van der Waals surface area contributed by atoms with E-state index in [1.807, 2.05) is 6.92 Å². The Balaban J connectivity index is 0. The zero-order valence-electron chi connectivity index (χ0n) is 9.70. The van der Waals surface area contributed by atoms with E-state index in [4.69, 9.17) is 20.1 Å². The normalized spacial score (nSPS) is 12.3. The zero-order chi connectivity index (χ0) is 14.8.